The third-order valence-corrected chi connectivity index (χ3v) is 6.49. The highest BCUT2D eigenvalue weighted by atomic mass is 35.5. The smallest absolute Gasteiger partial charge is 0.185 e. The number of H-pyrrole nitrogens is 1. The number of nitrogens with one attached hydrogen (secondary N) is 3. The van der Waals surface area contributed by atoms with Crippen LogP contribution < -0.4 is 10.6 Å². The lowest BCUT2D eigenvalue weighted by atomic mass is 10.0. The Morgan fingerprint density at radius 2 is 2.06 bits per heavy atom. The van der Waals surface area contributed by atoms with E-state index in [1.807, 2.05) is 31.2 Å². The topological polar surface area (TPSA) is 105 Å². The number of hydrogen-bond donors (Lipinski definition) is 3. The molecule has 0 saturated heterocycles. The third-order valence-electron chi connectivity index (χ3n) is 5.95. The number of fused-ring (bicyclic) bond motifs is 2. The lowest BCUT2D eigenvalue weighted by Gasteiger charge is -2.23. The average molecular weight is 497 g/mol. The average Bonchev–Trinajstić information content (AvgIpc) is 3.51. The molecule has 1 aliphatic rings. The number of halogens is 2. The van der Waals surface area contributed by atoms with Crippen molar-refractivity contribution in [1.29, 1.82) is 0 Å². The second-order valence-electron chi connectivity index (χ2n) is 8.10. The normalized spacial score (nSPS) is 17.4. The highest BCUT2D eigenvalue weighted by molar-refractivity contribution is 6.35. The van der Waals surface area contributed by atoms with Crippen molar-refractivity contribution in [3.63, 3.8) is 0 Å². The summed E-state index contributed by atoms with van der Waals surface area (Å²) in [6.45, 7) is 2.60. The second-order valence-corrected chi connectivity index (χ2v) is 8.94. The van der Waals surface area contributed by atoms with Crippen molar-refractivity contribution in [2.75, 3.05) is 19.0 Å². The Bertz CT molecular complexity index is 1420. The molecule has 1 aliphatic heterocycles. The molecule has 3 atom stereocenters. The zero-order chi connectivity index (χ0) is 23.8. The van der Waals surface area contributed by atoms with E-state index in [4.69, 9.17) is 32.9 Å². The summed E-state index contributed by atoms with van der Waals surface area (Å²) < 4.78 is 5.63. The van der Waals surface area contributed by atoms with Crippen molar-refractivity contribution in [2.45, 2.75) is 25.1 Å². The first-order chi connectivity index (χ1) is 16.4. The van der Waals surface area contributed by atoms with Gasteiger partial charge in [-0.15, -0.1) is 0 Å². The number of Topliss-reactive ketones (excluding diaryl/α,β-unsaturated/α-hetero) is 1. The molecule has 34 heavy (non-hydrogen) atoms. The van der Waals surface area contributed by atoms with Gasteiger partial charge in [-0.05, 0) is 37.3 Å². The number of nitrogens with zero attached hydrogens (tertiary/aromatic N) is 3. The van der Waals surface area contributed by atoms with E-state index >= 15 is 0 Å². The van der Waals surface area contributed by atoms with Crippen LogP contribution >= 0.6 is 23.2 Å². The van der Waals surface area contributed by atoms with E-state index in [1.54, 1.807) is 25.3 Å². The van der Waals surface area contributed by atoms with Gasteiger partial charge < -0.3 is 20.4 Å². The largest absolute Gasteiger partial charge is 0.379 e. The number of anilines is 1. The number of rotatable bonds is 7. The minimum atomic E-state index is -0.386. The Balaban J connectivity index is 1.53. The van der Waals surface area contributed by atoms with Crippen LogP contribution in [0.3, 0.4) is 0 Å². The Morgan fingerprint density at radius 3 is 2.82 bits per heavy atom. The molecule has 0 fully saturated rings. The maximum Gasteiger partial charge on any atom is 0.185 e. The standard InChI is InChI=1S/C24H22Cl2N6O2/c1-12(34-2)21(24-30-17-6-5-13(25)8-20(17)31-24)32-23-15-9-16(26)14(10-19(15)28-11-29-23)22(33)18-4-3-7-27-18/h3-6,8-12,18,21,27H,7H2,1-2H3,(H,30,31)(H,28,29,32)/t12-,18?,21-/m1/s1. The molecule has 1 unspecified atom stereocenters. The first-order valence-electron chi connectivity index (χ1n) is 10.8. The fourth-order valence-corrected chi connectivity index (χ4v) is 4.46. The van der Waals surface area contributed by atoms with Crippen molar-refractivity contribution in [3.8, 4) is 0 Å². The number of aromatic nitrogens is 4. The Labute approximate surface area is 205 Å². The van der Waals surface area contributed by atoms with Gasteiger partial charge in [0.05, 0.1) is 33.7 Å². The van der Waals surface area contributed by atoms with E-state index in [9.17, 15) is 4.79 Å². The van der Waals surface area contributed by atoms with Crippen LogP contribution in [0.5, 0.6) is 0 Å². The zero-order valence-corrected chi connectivity index (χ0v) is 20.0. The summed E-state index contributed by atoms with van der Waals surface area (Å²) in [5.41, 5.74) is 2.64. The summed E-state index contributed by atoms with van der Waals surface area (Å²) in [7, 11) is 1.64. The predicted octanol–water partition coefficient (Wildman–Crippen LogP) is 4.71. The van der Waals surface area contributed by atoms with Gasteiger partial charge >= 0.3 is 0 Å². The van der Waals surface area contributed by atoms with Crippen LogP contribution in [0.15, 0.2) is 48.8 Å². The number of benzene rings is 2. The first kappa shape index (κ1) is 22.7. The first-order valence-corrected chi connectivity index (χ1v) is 11.5. The number of aromatic amines is 1. The monoisotopic (exact) mass is 496 g/mol. The molecule has 0 radical (unpaired) electrons. The number of hydrogen-bond acceptors (Lipinski definition) is 7. The van der Waals surface area contributed by atoms with Crippen LogP contribution in [0, 0.1) is 0 Å². The predicted molar refractivity (Wildman–Crippen MR) is 134 cm³/mol. The van der Waals surface area contributed by atoms with Crippen molar-refractivity contribution in [3.05, 3.63) is 70.2 Å². The van der Waals surface area contributed by atoms with Gasteiger partial charge in [0.2, 0.25) is 0 Å². The highest BCUT2D eigenvalue weighted by Gasteiger charge is 2.26. The van der Waals surface area contributed by atoms with Gasteiger partial charge in [-0.3, -0.25) is 4.79 Å². The summed E-state index contributed by atoms with van der Waals surface area (Å²) in [5, 5.41) is 8.20. The van der Waals surface area contributed by atoms with Gasteiger partial charge in [0.1, 0.15) is 24.0 Å². The molecule has 0 bridgehead atoms. The van der Waals surface area contributed by atoms with Crippen molar-refractivity contribution >= 4 is 56.7 Å². The molecule has 4 aromatic rings. The van der Waals surface area contributed by atoms with E-state index in [-0.39, 0.29) is 24.0 Å². The molecule has 3 heterocycles. The second kappa shape index (κ2) is 9.31. The van der Waals surface area contributed by atoms with Crippen LogP contribution in [0.2, 0.25) is 10.0 Å². The van der Waals surface area contributed by atoms with Crippen LogP contribution in [-0.4, -0.2) is 51.5 Å². The molecular weight excluding hydrogens is 475 g/mol. The summed E-state index contributed by atoms with van der Waals surface area (Å²) >= 11 is 12.7. The van der Waals surface area contributed by atoms with E-state index in [1.165, 1.54) is 6.33 Å². The summed E-state index contributed by atoms with van der Waals surface area (Å²) in [6.07, 6.45) is 4.96. The number of carbonyl (C=O) groups is 1. The van der Waals surface area contributed by atoms with Gasteiger partial charge in [-0.2, -0.15) is 0 Å². The maximum atomic E-state index is 12.9. The fourth-order valence-electron chi connectivity index (χ4n) is 4.04. The molecule has 0 aliphatic carbocycles. The summed E-state index contributed by atoms with van der Waals surface area (Å²) in [5.74, 6) is 1.13. The molecule has 174 valence electrons. The number of imidazole rings is 1. The highest BCUT2D eigenvalue weighted by Crippen LogP contribution is 2.31. The van der Waals surface area contributed by atoms with E-state index < -0.39 is 0 Å². The number of methoxy groups -OCH3 is 1. The lowest BCUT2D eigenvalue weighted by molar-refractivity contribution is 0.0968. The van der Waals surface area contributed by atoms with Crippen molar-refractivity contribution in [1.82, 2.24) is 25.3 Å². The fraction of sp³-hybridized carbons (Fsp3) is 0.250. The van der Waals surface area contributed by atoms with Gasteiger partial charge in [-0.1, -0.05) is 35.4 Å². The number of ketones is 1. The molecule has 5 rings (SSSR count). The molecule has 8 nitrogen and oxygen atoms in total. The van der Waals surface area contributed by atoms with Crippen LogP contribution in [-0.2, 0) is 4.74 Å². The third kappa shape index (κ3) is 4.25. The van der Waals surface area contributed by atoms with Crippen molar-refractivity contribution in [2.24, 2.45) is 0 Å². The van der Waals surface area contributed by atoms with Gasteiger partial charge in [0, 0.05) is 29.6 Å². The Morgan fingerprint density at radius 1 is 1.21 bits per heavy atom. The number of carbonyl (C=O) groups excluding carboxylic acids is 1. The minimum absolute atomic E-state index is 0.0967. The molecular formula is C24H22Cl2N6O2. The Kier molecular flexibility index (Phi) is 6.22. The molecule has 2 aromatic heterocycles. The quantitative estimate of drug-likeness (QED) is 0.251. The lowest BCUT2D eigenvalue weighted by Crippen LogP contribution is -2.31. The maximum absolute atomic E-state index is 12.9. The van der Waals surface area contributed by atoms with E-state index in [0.717, 1.165) is 11.0 Å². The van der Waals surface area contributed by atoms with E-state index in [0.29, 0.717) is 44.7 Å². The summed E-state index contributed by atoms with van der Waals surface area (Å²) in [6, 6.07) is 8.17. The summed E-state index contributed by atoms with van der Waals surface area (Å²) in [4.78, 5) is 29.8. The zero-order valence-electron chi connectivity index (χ0n) is 18.5. The van der Waals surface area contributed by atoms with Gasteiger partial charge in [-0.25, -0.2) is 15.0 Å². The van der Waals surface area contributed by atoms with Crippen LogP contribution in [0.1, 0.15) is 29.1 Å². The molecule has 10 heteroatoms. The molecule has 2 aromatic carbocycles. The molecule has 0 saturated carbocycles. The SMILES string of the molecule is CO[C@H](C)[C@@H](Nc1ncnc2cc(C(=O)C3C=CCN3)c(Cl)cc12)c1nc2ccc(Cl)cc2[nH]1. The van der Waals surface area contributed by atoms with E-state index in [2.05, 4.69) is 25.6 Å². The van der Waals surface area contributed by atoms with Crippen LogP contribution in [0.25, 0.3) is 21.9 Å². The molecule has 0 spiro atoms. The molecule has 0 amide bonds. The van der Waals surface area contributed by atoms with Crippen LogP contribution in [0.4, 0.5) is 5.82 Å². The van der Waals surface area contributed by atoms with Gasteiger partial charge in [0.15, 0.2) is 5.78 Å². The number of ether oxygens (including phenoxy) is 1. The Hall–Kier alpha value is -3.04. The molecule has 3 N–H and O–H groups in total. The van der Waals surface area contributed by atoms with Crippen molar-refractivity contribution < 1.29 is 9.53 Å². The van der Waals surface area contributed by atoms with Gasteiger partial charge in [0.25, 0.3) is 0 Å². The minimum Gasteiger partial charge on any atom is -0.379 e.